The first-order valence-corrected chi connectivity index (χ1v) is 6.50. The molecule has 4 nitrogen and oxygen atoms in total. The van der Waals surface area contributed by atoms with Gasteiger partial charge in [-0.05, 0) is 19.8 Å². The van der Waals surface area contributed by atoms with E-state index in [2.05, 4.69) is 41.2 Å². The van der Waals surface area contributed by atoms with Crippen LogP contribution in [0.25, 0.3) is 0 Å². The Morgan fingerprint density at radius 1 is 1.31 bits per heavy atom. The smallest absolute Gasteiger partial charge is 0.187 e. The molecule has 0 aliphatic heterocycles. The fraction of sp³-hybridized carbons (Fsp3) is 0.636. The van der Waals surface area contributed by atoms with Gasteiger partial charge in [-0.15, -0.1) is 0 Å². The Balaban J connectivity index is 2.26. The Bertz CT molecular complexity index is 287. The van der Waals surface area contributed by atoms with Crippen molar-refractivity contribution in [2.24, 2.45) is 0 Å². The normalized spacial score (nSPS) is 11.0. The lowest BCUT2D eigenvalue weighted by molar-refractivity contribution is 0.400. The number of nitrogens with one attached hydrogen (secondary N) is 1. The third-order valence-electron chi connectivity index (χ3n) is 2.02. The van der Waals surface area contributed by atoms with Crippen molar-refractivity contribution in [3.63, 3.8) is 0 Å². The third kappa shape index (κ3) is 5.44. The molecule has 0 amide bonds. The highest BCUT2D eigenvalue weighted by molar-refractivity contribution is 7.99. The summed E-state index contributed by atoms with van der Waals surface area (Å²) < 4.78 is 0. The second-order valence-corrected chi connectivity index (χ2v) is 5.02. The molecule has 1 rings (SSSR count). The van der Waals surface area contributed by atoms with Crippen molar-refractivity contribution in [3.05, 3.63) is 18.0 Å². The average Bonchev–Trinajstić information content (AvgIpc) is 2.27. The first kappa shape index (κ1) is 13.4. The Hall–Kier alpha value is -0.650. The van der Waals surface area contributed by atoms with E-state index in [-0.39, 0.29) is 0 Å². The quantitative estimate of drug-likeness (QED) is 0.441. The van der Waals surface area contributed by atoms with Gasteiger partial charge in [-0.3, -0.25) is 0 Å². The number of hydrogen-bond donors (Lipinski definition) is 1. The molecule has 0 fully saturated rings. The van der Waals surface area contributed by atoms with Crippen LogP contribution < -0.4 is 5.32 Å². The lowest BCUT2D eigenvalue weighted by Gasteiger charge is -2.10. The zero-order chi connectivity index (χ0) is 11.8. The number of nitrogens with zero attached hydrogens (tertiary/aromatic N) is 3. The van der Waals surface area contributed by atoms with Gasteiger partial charge in [0.2, 0.25) is 0 Å². The third-order valence-corrected chi connectivity index (χ3v) is 2.78. The highest BCUT2D eigenvalue weighted by Gasteiger charge is 1.97. The van der Waals surface area contributed by atoms with Crippen LogP contribution in [0.2, 0.25) is 0 Å². The molecule has 0 aromatic carbocycles. The van der Waals surface area contributed by atoms with Crippen molar-refractivity contribution >= 4 is 11.8 Å². The highest BCUT2D eigenvalue weighted by Crippen LogP contribution is 2.10. The van der Waals surface area contributed by atoms with Gasteiger partial charge in [0.15, 0.2) is 5.16 Å². The lowest BCUT2D eigenvalue weighted by Crippen LogP contribution is -2.26. The number of aromatic nitrogens is 2. The van der Waals surface area contributed by atoms with E-state index >= 15 is 0 Å². The summed E-state index contributed by atoms with van der Waals surface area (Å²) in [5.41, 5.74) is 1.14. The minimum Gasteiger partial charge on any atom is -0.311 e. The molecule has 0 atom stereocenters. The Morgan fingerprint density at radius 2 is 2.00 bits per heavy atom. The molecule has 1 N–H and O–H groups in total. The summed E-state index contributed by atoms with van der Waals surface area (Å²) in [5, 5.41) is 4.22. The lowest BCUT2D eigenvalue weighted by atomic mass is 10.3. The molecule has 90 valence electrons. The molecular formula is C11H20N4S. The van der Waals surface area contributed by atoms with Crippen molar-refractivity contribution in [1.82, 2.24) is 20.2 Å². The van der Waals surface area contributed by atoms with E-state index in [1.54, 1.807) is 11.8 Å². The molecule has 0 saturated heterocycles. The molecule has 16 heavy (non-hydrogen) atoms. The fourth-order valence-corrected chi connectivity index (χ4v) is 1.69. The van der Waals surface area contributed by atoms with Gasteiger partial charge in [0.25, 0.3) is 0 Å². The molecule has 5 heteroatoms. The van der Waals surface area contributed by atoms with E-state index < -0.39 is 0 Å². The molecule has 0 spiro atoms. The molecule has 0 bridgehead atoms. The summed E-state index contributed by atoms with van der Waals surface area (Å²) in [7, 11) is 4.14. The van der Waals surface area contributed by atoms with Crippen LogP contribution in [0.3, 0.4) is 0 Å². The van der Waals surface area contributed by atoms with Gasteiger partial charge in [0.05, 0.1) is 0 Å². The van der Waals surface area contributed by atoms with Gasteiger partial charge in [-0.25, -0.2) is 9.97 Å². The molecule has 0 aliphatic carbocycles. The number of hydrogen-bond acceptors (Lipinski definition) is 5. The summed E-state index contributed by atoms with van der Waals surface area (Å²) in [5.74, 6) is 1.01. The maximum absolute atomic E-state index is 4.28. The first-order chi connectivity index (χ1) is 7.72. The zero-order valence-corrected chi connectivity index (χ0v) is 11.0. The Labute approximate surface area is 102 Å². The van der Waals surface area contributed by atoms with Crippen molar-refractivity contribution in [3.8, 4) is 0 Å². The molecular weight excluding hydrogens is 220 g/mol. The van der Waals surface area contributed by atoms with E-state index in [1.807, 2.05) is 12.4 Å². The minimum atomic E-state index is 0.838. The van der Waals surface area contributed by atoms with Gasteiger partial charge in [0.1, 0.15) is 0 Å². The summed E-state index contributed by atoms with van der Waals surface area (Å²) in [4.78, 5) is 10.7. The standard InChI is InChI=1S/C11H20N4S/c1-4-16-11-13-8-10(9-14-11)7-12-5-6-15(2)3/h8-9,12H,4-7H2,1-3H3. The Kier molecular flexibility index (Phi) is 6.37. The van der Waals surface area contributed by atoms with Crippen LogP contribution in [-0.2, 0) is 6.54 Å². The SMILES string of the molecule is CCSc1ncc(CNCCN(C)C)cn1. The summed E-state index contributed by atoms with van der Waals surface area (Å²) in [6, 6.07) is 0. The van der Waals surface area contributed by atoms with E-state index in [0.29, 0.717) is 0 Å². The van der Waals surface area contributed by atoms with Crippen LogP contribution in [-0.4, -0.2) is 47.8 Å². The fourth-order valence-electron chi connectivity index (χ4n) is 1.17. The number of likely N-dealkylation sites (N-methyl/N-ethyl adjacent to an activating group) is 1. The van der Waals surface area contributed by atoms with Gasteiger partial charge in [-0.2, -0.15) is 0 Å². The van der Waals surface area contributed by atoms with Crippen LogP contribution in [0, 0.1) is 0 Å². The molecule has 0 unspecified atom stereocenters. The predicted molar refractivity (Wildman–Crippen MR) is 68.7 cm³/mol. The van der Waals surface area contributed by atoms with E-state index in [0.717, 1.165) is 36.1 Å². The van der Waals surface area contributed by atoms with Crippen LogP contribution in [0.1, 0.15) is 12.5 Å². The maximum atomic E-state index is 4.28. The van der Waals surface area contributed by atoms with Crippen molar-refractivity contribution in [2.75, 3.05) is 32.9 Å². The van der Waals surface area contributed by atoms with Gasteiger partial charge in [0, 0.05) is 37.6 Å². The molecule has 0 radical (unpaired) electrons. The summed E-state index contributed by atoms with van der Waals surface area (Å²) in [6.07, 6.45) is 3.79. The van der Waals surface area contributed by atoms with Crippen molar-refractivity contribution in [1.29, 1.82) is 0 Å². The van der Waals surface area contributed by atoms with Gasteiger partial charge >= 0.3 is 0 Å². The van der Waals surface area contributed by atoms with E-state index in [9.17, 15) is 0 Å². The maximum Gasteiger partial charge on any atom is 0.187 e. The van der Waals surface area contributed by atoms with Crippen molar-refractivity contribution < 1.29 is 0 Å². The largest absolute Gasteiger partial charge is 0.311 e. The monoisotopic (exact) mass is 240 g/mol. The molecule has 1 aromatic heterocycles. The topological polar surface area (TPSA) is 41.1 Å². The highest BCUT2D eigenvalue weighted by atomic mass is 32.2. The van der Waals surface area contributed by atoms with Gasteiger partial charge in [-0.1, -0.05) is 18.7 Å². The second-order valence-electron chi connectivity index (χ2n) is 3.79. The average molecular weight is 240 g/mol. The first-order valence-electron chi connectivity index (χ1n) is 5.51. The molecule has 1 heterocycles. The summed E-state index contributed by atoms with van der Waals surface area (Å²) in [6.45, 7) is 4.97. The molecule has 1 aromatic rings. The predicted octanol–water partition coefficient (Wildman–Crippen LogP) is 1.24. The van der Waals surface area contributed by atoms with Crippen molar-refractivity contribution in [2.45, 2.75) is 18.6 Å². The molecule has 0 saturated carbocycles. The van der Waals surface area contributed by atoms with Gasteiger partial charge < -0.3 is 10.2 Å². The number of thioether (sulfide) groups is 1. The number of rotatable bonds is 7. The minimum absolute atomic E-state index is 0.838. The summed E-state index contributed by atoms with van der Waals surface area (Å²) >= 11 is 1.67. The zero-order valence-electron chi connectivity index (χ0n) is 10.2. The molecule has 0 aliphatic rings. The van der Waals surface area contributed by atoms with Crippen LogP contribution in [0.4, 0.5) is 0 Å². The van der Waals surface area contributed by atoms with E-state index in [4.69, 9.17) is 0 Å². The second kappa shape index (κ2) is 7.60. The van der Waals surface area contributed by atoms with E-state index in [1.165, 1.54) is 0 Å². The Morgan fingerprint density at radius 3 is 2.56 bits per heavy atom. The van der Waals surface area contributed by atoms with Crippen LogP contribution in [0.15, 0.2) is 17.6 Å². The van der Waals surface area contributed by atoms with Crippen LogP contribution >= 0.6 is 11.8 Å². The van der Waals surface area contributed by atoms with Crippen LogP contribution in [0.5, 0.6) is 0 Å².